The molecule has 0 bridgehead atoms. The highest BCUT2D eigenvalue weighted by Crippen LogP contribution is 2.33. The van der Waals surface area contributed by atoms with Gasteiger partial charge >= 0.3 is 0 Å². The molecular weight excluding hydrogens is 578 g/mol. The maximum atomic E-state index is 13.8. The number of anilines is 1. The highest BCUT2D eigenvalue weighted by molar-refractivity contribution is 5.99. The van der Waals surface area contributed by atoms with Gasteiger partial charge in [-0.2, -0.15) is 0 Å². The van der Waals surface area contributed by atoms with Crippen molar-refractivity contribution in [1.82, 2.24) is 19.4 Å². The Morgan fingerprint density at radius 1 is 0.933 bits per heavy atom. The van der Waals surface area contributed by atoms with Gasteiger partial charge in [-0.3, -0.25) is 24.4 Å². The third kappa shape index (κ3) is 6.87. The highest BCUT2D eigenvalue weighted by Gasteiger charge is 2.24. The molecule has 0 aliphatic carbocycles. The van der Waals surface area contributed by atoms with Crippen LogP contribution in [0.2, 0.25) is 0 Å². The molecule has 4 aromatic rings. The van der Waals surface area contributed by atoms with Crippen LogP contribution in [0.25, 0.3) is 16.9 Å². The zero-order chi connectivity index (χ0) is 31.2. The SMILES string of the molecule is COc1ccc(-n2cc(-c3ccccc3)nc2NC(=O)CN(CCN2CCOCC2)C(=O)c2ccc3c(c2)OCO3)cc1OC. The lowest BCUT2D eigenvalue weighted by molar-refractivity contribution is -0.117. The summed E-state index contributed by atoms with van der Waals surface area (Å²) in [4.78, 5) is 36.0. The Morgan fingerprint density at radius 2 is 1.71 bits per heavy atom. The summed E-state index contributed by atoms with van der Waals surface area (Å²) in [6.07, 6.45) is 1.85. The number of rotatable bonds is 11. The lowest BCUT2D eigenvalue weighted by Gasteiger charge is -2.30. The highest BCUT2D eigenvalue weighted by atomic mass is 16.7. The lowest BCUT2D eigenvalue weighted by atomic mass is 10.1. The van der Waals surface area contributed by atoms with Gasteiger partial charge in [-0.25, -0.2) is 4.98 Å². The minimum atomic E-state index is -0.391. The minimum Gasteiger partial charge on any atom is -0.493 e. The molecule has 0 radical (unpaired) electrons. The summed E-state index contributed by atoms with van der Waals surface area (Å²) in [5.74, 6) is 1.82. The van der Waals surface area contributed by atoms with Crippen molar-refractivity contribution in [3.05, 3.63) is 78.5 Å². The van der Waals surface area contributed by atoms with Gasteiger partial charge in [0.05, 0.1) is 38.8 Å². The maximum Gasteiger partial charge on any atom is 0.254 e. The first-order valence-electron chi connectivity index (χ1n) is 14.7. The molecule has 0 atom stereocenters. The predicted molar refractivity (Wildman–Crippen MR) is 166 cm³/mol. The first-order valence-corrected chi connectivity index (χ1v) is 14.7. The fourth-order valence-electron chi connectivity index (χ4n) is 5.28. The van der Waals surface area contributed by atoms with E-state index in [1.807, 2.05) is 48.7 Å². The molecule has 234 valence electrons. The molecule has 1 N–H and O–H groups in total. The molecule has 2 aliphatic heterocycles. The molecule has 12 nitrogen and oxygen atoms in total. The summed E-state index contributed by atoms with van der Waals surface area (Å²) < 4.78 is 29.1. The molecule has 1 fully saturated rings. The van der Waals surface area contributed by atoms with Crippen molar-refractivity contribution < 1.29 is 33.3 Å². The monoisotopic (exact) mass is 613 g/mol. The van der Waals surface area contributed by atoms with Crippen molar-refractivity contribution in [2.75, 3.05) is 72.3 Å². The fourth-order valence-corrected chi connectivity index (χ4v) is 5.28. The number of morpholine rings is 1. The van der Waals surface area contributed by atoms with Crippen molar-refractivity contribution >= 4 is 17.8 Å². The smallest absolute Gasteiger partial charge is 0.254 e. The van der Waals surface area contributed by atoms with Crippen LogP contribution in [0.15, 0.2) is 72.9 Å². The molecule has 2 amide bonds. The standard InChI is InChI=1S/C33H35N5O7/c1-41-27-11-9-25(19-29(27)42-2)38-20-26(23-6-4-3-5-7-23)34-33(38)35-31(39)21-37(13-12-36-14-16-43-17-15-36)32(40)24-8-10-28-30(18-24)45-22-44-28/h3-11,18-20H,12-17,21-22H2,1-2H3,(H,34,35,39). The van der Waals surface area contributed by atoms with Crippen molar-refractivity contribution in [2.45, 2.75) is 0 Å². The van der Waals surface area contributed by atoms with Crippen LogP contribution in [-0.4, -0.2) is 98.1 Å². The molecule has 12 heteroatoms. The zero-order valence-electron chi connectivity index (χ0n) is 25.2. The van der Waals surface area contributed by atoms with E-state index in [9.17, 15) is 9.59 Å². The van der Waals surface area contributed by atoms with Gasteiger partial charge in [-0.1, -0.05) is 30.3 Å². The van der Waals surface area contributed by atoms with E-state index >= 15 is 0 Å². The van der Waals surface area contributed by atoms with E-state index in [0.29, 0.717) is 72.2 Å². The molecule has 1 aromatic heterocycles. The topological polar surface area (TPSA) is 117 Å². The fraction of sp³-hybridized carbons (Fsp3) is 0.303. The normalized spacial score (nSPS) is 14.2. The second-order valence-electron chi connectivity index (χ2n) is 10.5. The number of fused-ring (bicyclic) bond motifs is 1. The molecule has 0 unspecified atom stereocenters. The third-order valence-electron chi connectivity index (χ3n) is 7.70. The molecule has 0 spiro atoms. The van der Waals surface area contributed by atoms with Crippen LogP contribution >= 0.6 is 0 Å². The van der Waals surface area contributed by atoms with Crippen molar-refractivity contribution in [3.8, 4) is 39.9 Å². The van der Waals surface area contributed by atoms with E-state index in [0.717, 1.165) is 18.7 Å². The second kappa shape index (κ2) is 13.7. The summed E-state index contributed by atoms with van der Waals surface area (Å²) >= 11 is 0. The Balaban J connectivity index is 1.27. The van der Waals surface area contributed by atoms with Gasteiger partial charge in [0.15, 0.2) is 23.0 Å². The largest absolute Gasteiger partial charge is 0.493 e. The van der Waals surface area contributed by atoms with Gasteiger partial charge in [-0.15, -0.1) is 0 Å². The van der Waals surface area contributed by atoms with Crippen molar-refractivity contribution in [1.29, 1.82) is 0 Å². The zero-order valence-corrected chi connectivity index (χ0v) is 25.2. The molecule has 1 saturated heterocycles. The van der Waals surface area contributed by atoms with E-state index in [1.54, 1.807) is 48.0 Å². The first-order chi connectivity index (χ1) is 22.0. The number of methoxy groups -OCH3 is 2. The number of nitrogens with zero attached hydrogens (tertiary/aromatic N) is 4. The number of nitrogens with one attached hydrogen (secondary N) is 1. The number of aromatic nitrogens is 2. The van der Waals surface area contributed by atoms with Gasteiger partial charge in [0, 0.05) is 49.6 Å². The number of imidazole rings is 1. The van der Waals surface area contributed by atoms with Gasteiger partial charge in [0.2, 0.25) is 18.6 Å². The summed E-state index contributed by atoms with van der Waals surface area (Å²) in [5.41, 5.74) is 2.67. The molecule has 0 saturated carbocycles. The van der Waals surface area contributed by atoms with E-state index in [1.165, 1.54) is 0 Å². The lowest BCUT2D eigenvalue weighted by Crippen LogP contribution is -2.45. The van der Waals surface area contributed by atoms with Gasteiger partial charge in [0.1, 0.15) is 6.54 Å². The van der Waals surface area contributed by atoms with Crippen LogP contribution in [0.4, 0.5) is 5.95 Å². The van der Waals surface area contributed by atoms with Crippen LogP contribution in [0, 0.1) is 0 Å². The van der Waals surface area contributed by atoms with E-state index < -0.39 is 5.91 Å². The quantitative estimate of drug-likeness (QED) is 0.270. The predicted octanol–water partition coefficient (Wildman–Crippen LogP) is 3.70. The van der Waals surface area contributed by atoms with Crippen LogP contribution in [0.5, 0.6) is 23.0 Å². The summed E-state index contributed by atoms with van der Waals surface area (Å²) in [6.45, 7) is 3.68. The average molecular weight is 614 g/mol. The molecule has 2 aliphatic rings. The average Bonchev–Trinajstić information content (AvgIpc) is 3.74. The Bertz CT molecular complexity index is 1650. The number of hydrogen-bond donors (Lipinski definition) is 1. The minimum absolute atomic E-state index is 0.105. The van der Waals surface area contributed by atoms with E-state index in [4.69, 9.17) is 28.7 Å². The summed E-state index contributed by atoms with van der Waals surface area (Å²) in [5, 5.41) is 2.95. The van der Waals surface area contributed by atoms with Gasteiger partial charge in [-0.05, 0) is 30.3 Å². The Labute approximate surface area is 261 Å². The van der Waals surface area contributed by atoms with Gasteiger partial charge < -0.3 is 28.6 Å². The maximum absolute atomic E-state index is 13.8. The number of carbonyl (C=O) groups is 2. The van der Waals surface area contributed by atoms with Crippen molar-refractivity contribution in [2.24, 2.45) is 0 Å². The van der Waals surface area contributed by atoms with Crippen LogP contribution in [0.3, 0.4) is 0 Å². The number of carbonyl (C=O) groups excluding carboxylic acids is 2. The third-order valence-corrected chi connectivity index (χ3v) is 7.70. The molecule has 3 aromatic carbocycles. The number of ether oxygens (including phenoxy) is 5. The number of benzene rings is 3. The summed E-state index contributed by atoms with van der Waals surface area (Å²) in [7, 11) is 3.14. The van der Waals surface area contributed by atoms with E-state index in [-0.39, 0.29) is 19.2 Å². The first kappa shape index (κ1) is 30.0. The molecular formula is C33H35N5O7. The molecule has 45 heavy (non-hydrogen) atoms. The summed E-state index contributed by atoms with van der Waals surface area (Å²) in [6, 6.07) is 20.2. The Morgan fingerprint density at radius 3 is 2.49 bits per heavy atom. The van der Waals surface area contributed by atoms with E-state index in [2.05, 4.69) is 10.2 Å². The van der Waals surface area contributed by atoms with Crippen LogP contribution in [0.1, 0.15) is 10.4 Å². The van der Waals surface area contributed by atoms with Gasteiger partial charge in [0.25, 0.3) is 5.91 Å². The molecule has 3 heterocycles. The second-order valence-corrected chi connectivity index (χ2v) is 10.5. The Kier molecular flexibility index (Phi) is 9.13. The van der Waals surface area contributed by atoms with Crippen LogP contribution < -0.4 is 24.3 Å². The van der Waals surface area contributed by atoms with Crippen LogP contribution in [-0.2, 0) is 9.53 Å². The number of hydrogen-bond acceptors (Lipinski definition) is 9. The van der Waals surface area contributed by atoms with Crippen molar-refractivity contribution in [3.63, 3.8) is 0 Å². The Hall–Kier alpha value is -5.07. The number of amides is 2. The molecule has 6 rings (SSSR count).